The van der Waals surface area contributed by atoms with Gasteiger partial charge in [0.1, 0.15) is 5.82 Å². The summed E-state index contributed by atoms with van der Waals surface area (Å²) < 4.78 is 17.7. The summed E-state index contributed by atoms with van der Waals surface area (Å²) in [7, 11) is 1.21. The fourth-order valence-electron chi connectivity index (χ4n) is 1.52. The fourth-order valence-corrected chi connectivity index (χ4v) is 1.52. The number of hydrogen-bond acceptors (Lipinski definition) is 4. The van der Waals surface area contributed by atoms with Gasteiger partial charge in [0, 0.05) is 12.0 Å². The largest absolute Gasteiger partial charge is 0.465 e. The number of carbonyl (C=O) groups is 2. The lowest BCUT2D eigenvalue weighted by atomic mass is 10.0. The molecular formula is C13H17FN2O3. The second-order valence-corrected chi connectivity index (χ2v) is 4.90. The molecular weight excluding hydrogens is 251 g/mol. The average Bonchev–Trinajstić information content (AvgIpc) is 2.25. The minimum absolute atomic E-state index is 0.0458. The average molecular weight is 268 g/mol. The van der Waals surface area contributed by atoms with Crippen molar-refractivity contribution in [3.63, 3.8) is 0 Å². The summed E-state index contributed by atoms with van der Waals surface area (Å²) in [6.45, 7) is 3.39. The van der Waals surface area contributed by atoms with Crippen molar-refractivity contribution in [2.75, 3.05) is 12.4 Å². The first kappa shape index (κ1) is 15.1. The first-order valence-electron chi connectivity index (χ1n) is 5.69. The van der Waals surface area contributed by atoms with E-state index in [2.05, 4.69) is 10.1 Å². The molecule has 19 heavy (non-hydrogen) atoms. The van der Waals surface area contributed by atoms with Crippen molar-refractivity contribution < 1.29 is 18.7 Å². The van der Waals surface area contributed by atoms with Gasteiger partial charge in [-0.1, -0.05) is 0 Å². The van der Waals surface area contributed by atoms with Crippen LogP contribution < -0.4 is 11.1 Å². The van der Waals surface area contributed by atoms with Crippen molar-refractivity contribution in [1.82, 2.24) is 0 Å². The Morgan fingerprint density at radius 3 is 2.58 bits per heavy atom. The van der Waals surface area contributed by atoms with Gasteiger partial charge in [-0.15, -0.1) is 0 Å². The Labute approximate surface area is 110 Å². The van der Waals surface area contributed by atoms with Crippen LogP contribution in [0.3, 0.4) is 0 Å². The number of anilines is 1. The molecule has 0 heterocycles. The van der Waals surface area contributed by atoms with E-state index in [1.54, 1.807) is 13.8 Å². The van der Waals surface area contributed by atoms with Crippen LogP contribution in [0.25, 0.3) is 0 Å². The molecule has 104 valence electrons. The van der Waals surface area contributed by atoms with E-state index < -0.39 is 23.2 Å². The van der Waals surface area contributed by atoms with E-state index in [-0.39, 0.29) is 17.7 Å². The molecule has 3 N–H and O–H groups in total. The highest BCUT2D eigenvalue weighted by Crippen LogP contribution is 2.19. The third-order valence-electron chi connectivity index (χ3n) is 2.28. The van der Waals surface area contributed by atoms with Crippen molar-refractivity contribution >= 4 is 17.6 Å². The molecule has 0 radical (unpaired) electrons. The van der Waals surface area contributed by atoms with Gasteiger partial charge in [-0.3, -0.25) is 4.79 Å². The Bertz CT molecular complexity index is 495. The Morgan fingerprint density at radius 2 is 2.05 bits per heavy atom. The first-order chi connectivity index (χ1) is 8.73. The maximum atomic E-state index is 13.2. The summed E-state index contributed by atoms with van der Waals surface area (Å²) in [5, 5.41) is 2.46. The Balaban J connectivity index is 2.96. The monoisotopic (exact) mass is 268 g/mol. The van der Waals surface area contributed by atoms with Gasteiger partial charge in [0.25, 0.3) is 0 Å². The minimum atomic E-state index is -0.692. The molecule has 0 saturated carbocycles. The van der Waals surface area contributed by atoms with Gasteiger partial charge in [0.15, 0.2) is 0 Å². The number of hydrogen-bond donors (Lipinski definition) is 2. The second kappa shape index (κ2) is 5.79. The van der Waals surface area contributed by atoms with Crippen LogP contribution in [-0.2, 0) is 9.53 Å². The second-order valence-electron chi connectivity index (χ2n) is 4.90. The molecule has 0 unspecified atom stereocenters. The molecule has 1 aromatic carbocycles. The van der Waals surface area contributed by atoms with E-state index in [1.807, 2.05) is 0 Å². The number of amides is 1. The molecule has 1 rings (SSSR count). The molecule has 1 aromatic rings. The van der Waals surface area contributed by atoms with Gasteiger partial charge in [0.05, 0.1) is 18.4 Å². The van der Waals surface area contributed by atoms with Gasteiger partial charge in [0.2, 0.25) is 5.91 Å². The van der Waals surface area contributed by atoms with Crippen LogP contribution in [-0.4, -0.2) is 24.5 Å². The zero-order chi connectivity index (χ0) is 14.6. The number of carbonyl (C=O) groups excluding carboxylic acids is 2. The molecule has 0 aliphatic carbocycles. The molecule has 0 fully saturated rings. The number of halogens is 1. The van der Waals surface area contributed by atoms with Gasteiger partial charge in [-0.05, 0) is 32.0 Å². The smallest absolute Gasteiger partial charge is 0.339 e. The normalized spacial score (nSPS) is 11.0. The van der Waals surface area contributed by atoms with Crippen LogP contribution >= 0.6 is 0 Å². The number of nitrogens with two attached hydrogens (primary N) is 1. The van der Waals surface area contributed by atoms with E-state index in [1.165, 1.54) is 13.2 Å². The highest BCUT2D eigenvalue weighted by atomic mass is 19.1. The van der Waals surface area contributed by atoms with Crippen LogP contribution in [0.1, 0.15) is 30.6 Å². The Morgan fingerprint density at radius 1 is 1.42 bits per heavy atom. The van der Waals surface area contributed by atoms with Gasteiger partial charge < -0.3 is 15.8 Å². The number of nitrogens with one attached hydrogen (secondary N) is 1. The summed E-state index contributed by atoms with van der Waals surface area (Å²) in [5.74, 6) is -1.61. The predicted octanol–water partition coefficient (Wildman–Crippen LogP) is 1.68. The van der Waals surface area contributed by atoms with E-state index in [4.69, 9.17) is 5.73 Å². The molecule has 0 aromatic heterocycles. The number of methoxy groups -OCH3 is 1. The van der Waals surface area contributed by atoms with Crippen LogP contribution in [0.15, 0.2) is 18.2 Å². The first-order valence-corrected chi connectivity index (χ1v) is 5.69. The van der Waals surface area contributed by atoms with Gasteiger partial charge in [-0.2, -0.15) is 0 Å². The van der Waals surface area contributed by atoms with Crippen molar-refractivity contribution in [1.29, 1.82) is 0 Å². The Hall–Kier alpha value is -1.95. The molecule has 6 heteroatoms. The van der Waals surface area contributed by atoms with Crippen molar-refractivity contribution in [2.45, 2.75) is 25.8 Å². The van der Waals surface area contributed by atoms with E-state index in [0.29, 0.717) is 0 Å². The Kier molecular flexibility index (Phi) is 4.61. The minimum Gasteiger partial charge on any atom is -0.465 e. The molecule has 0 aliphatic heterocycles. The lowest BCUT2D eigenvalue weighted by Gasteiger charge is -2.18. The molecule has 0 saturated heterocycles. The molecule has 0 atom stereocenters. The number of esters is 1. The third kappa shape index (κ3) is 4.67. The highest BCUT2D eigenvalue weighted by molar-refractivity contribution is 6.01. The maximum Gasteiger partial charge on any atom is 0.339 e. The topological polar surface area (TPSA) is 81.4 Å². The summed E-state index contributed by atoms with van der Waals surface area (Å²) >= 11 is 0. The zero-order valence-electron chi connectivity index (χ0n) is 11.1. The van der Waals surface area contributed by atoms with Crippen LogP contribution in [0.5, 0.6) is 0 Å². The summed E-state index contributed by atoms with van der Waals surface area (Å²) in [4.78, 5) is 23.2. The fraction of sp³-hybridized carbons (Fsp3) is 0.385. The predicted molar refractivity (Wildman–Crippen MR) is 69.3 cm³/mol. The van der Waals surface area contributed by atoms with Crippen LogP contribution in [0, 0.1) is 5.82 Å². The molecule has 0 aliphatic rings. The van der Waals surface area contributed by atoms with E-state index >= 15 is 0 Å². The standard InChI is InChI=1S/C13H17FN2O3/c1-13(2,15)7-11(17)16-10-6-8(14)4-5-9(10)12(18)19-3/h4-6H,7,15H2,1-3H3,(H,16,17). The lowest BCUT2D eigenvalue weighted by Crippen LogP contribution is -2.36. The number of benzene rings is 1. The summed E-state index contributed by atoms with van der Waals surface area (Å²) in [5.41, 5.74) is 5.19. The third-order valence-corrected chi connectivity index (χ3v) is 2.28. The summed E-state index contributed by atoms with van der Waals surface area (Å²) in [6, 6.07) is 3.44. The van der Waals surface area contributed by atoms with Crippen molar-refractivity contribution in [3.8, 4) is 0 Å². The maximum absolute atomic E-state index is 13.2. The van der Waals surface area contributed by atoms with E-state index in [0.717, 1.165) is 12.1 Å². The molecule has 0 bridgehead atoms. The van der Waals surface area contributed by atoms with Crippen molar-refractivity contribution in [3.05, 3.63) is 29.6 Å². The number of ether oxygens (including phenoxy) is 1. The van der Waals surface area contributed by atoms with Crippen LogP contribution in [0.2, 0.25) is 0 Å². The summed E-state index contributed by atoms with van der Waals surface area (Å²) in [6.07, 6.45) is 0.0458. The van der Waals surface area contributed by atoms with E-state index in [9.17, 15) is 14.0 Å². The SMILES string of the molecule is COC(=O)c1ccc(F)cc1NC(=O)CC(C)(C)N. The van der Waals surface area contributed by atoms with Gasteiger partial charge >= 0.3 is 5.97 Å². The van der Waals surface area contributed by atoms with Gasteiger partial charge in [-0.25, -0.2) is 9.18 Å². The quantitative estimate of drug-likeness (QED) is 0.814. The molecule has 0 spiro atoms. The number of rotatable bonds is 4. The molecule has 5 nitrogen and oxygen atoms in total. The highest BCUT2D eigenvalue weighted by Gasteiger charge is 2.19. The lowest BCUT2D eigenvalue weighted by molar-refractivity contribution is -0.117. The zero-order valence-corrected chi connectivity index (χ0v) is 11.1. The van der Waals surface area contributed by atoms with Crippen molar-refractivity contribution in [2.24, 2.45) is 5.73 Å². The van der Waals surface area contributed by atoms with Crippen LogP contribution in [0.4, 0.5) is 10.1 Å². The molecule has 1 amide bonds.